The van der Waals surface area contributed by atoms with E-state index in [9.17, 15) is 9.18 Å². The highest BCUT2D eigenvalue weighted by Gasteiger charge is 2.14. The number of hydrogen-bond donors (Lipinski definition) is 2. The molecule has 0 aliphatic carbocycles. The van der Waals surface area contributed by atoms with Gasteiger partial charge in [-0.2, -0.15) is 0 Å². The standard InChI is InChI=1S/C14H15FN2O2/c1-8-3-6-13(19-8)9(2)17-14(18)10-4-5-11(15)12(16)7-10/h3-7,9H,16H2,1-2H3,(H,17,18). The summed E-state index contributed by atoms with van der Waals surface area (Å²) in [6.07, 6.45) is 0. The van der Waals surface area contributed by atoms with E-state index in [0.29, 0.717) is 11.3 Å². The maximum atomic E-state index is 13.0. The number of rotatable bonds is 3. The van der Waals surface area contributed by atoms with E-state index in [-0.39, 0.29) is 17.6 Å². The average molecular weight is 262 g/mol. The van der Waals surface area contributed by atoms with Crippen LogP contribution in [0.3, 0.4) is 0 Å². The first-order valence-electron chi connectivity index (χ1n) is 5.89. The molecule has 0 aliphatic heterocycles. The van der Waals surface area contributed by atoms with Gasteiger partial charge in [-0.05, 0) is 44.2 Å². The summed E-state index contributed by atoms with van der Waals surface area (Å²) in [5.41, 5.74) is 5.70. The van der Waals surface area contributed by atoms with Gasteiger partial charge in [-0.25, -0.2) is 4.39 Å². The van der Waals surface area contributed by atoms with E-state index < -0.39 is 5.82 Å². The Kier molecular flexibility index (Phi) is 3.55. The van der Waals surface area contributed by atoms with Gasteiger partial charge in [-0.3, -0.25) is 4.79 Å². The van der Waals surface area contributed by atoms with Crippen LogP contribution < -0.4 is 11.1 Å². The highest BCUT2D eigenvalue weighted by atomic mass is 19.1. The summed E-state index contributed by atoms with van der Waals surface area (Å²) >= 11 is 0. The third-order valence-electron chi connectivity index (χ3n) is 2.79. The van der Waals surface area contributed by atoms with Gasteiger partial charge in [0.25, 0.3) is 5.91 Å². The molecule has 0 saturated heterocycles. The molecule has 2 rings (SSSR count). The van der Waals surface area contributed by atoms with Crippen LogP contribution in [0.15, 0.2) is 34.7 Å². The normalized spacial score (nSPS) is 12.2. The van der Waals surface area contributed by atoms with Crippen LogP contribution in [0.1, 0.15) is 34.8 Å². The van der Waals surface area contributed by atoms with Crippen molar-refractivity contribution in [3.05, 3.63) is 53.2 Å². The molecule has 0 spiro atoms. The number of halogens is 1. The Hall–Kier alpha value is -2.30. The highest BCUT2D eigenvalue weighted by Crippen LogP contribution is 2.17. The third kappa shape index (κ3) is 2.93. The van der Waals surface area contributed by atoms with Gasteiger partial charge >= 0.3 is 0 Å². The van der Waals surface area contributed by atoms with Crippen molar-refractivity contribution in [1.29, 1.82) is 0 Å². The number of benzene rings is 1. The van der Waals surface area contributed by atoms with Crippen molar-refractivity contribution in [3.8, 4) is 0 Å². The summed E-state index contributed by atoms with van der Waals surface area (Å²) in [4.78, 5) is 12.0. The SMILES string of the molecule is Cc1ccc(C(C)NC(=O)c2ccc(F)c(N)c2)o1. The summed E-state index contributed by atoms with van der Waals surface area (Å²) in [5, 5.41) is 2.76. The quantitative estimate of drug-likeness (QED) is 0.836. The van der Waals surface area contributed by atoms with Crippen LogP contribution in [0.25, 0.3) is 0 Å². The first-order valence-corrected chi connectivity index (χ1v) is 5.89. The van der Waals surface area contributed by atoms with Crippen molar-refractivity contribution in [1.82, 2.24) is 5.32 Å². The van der Waals surface area contributed by atoms with E-state index in [1.165, 1.54) is 18.2 Å². The van der Waals surface area contributed by atoms with Crippen molar-refractivity contribution < 1.29 is 13.6 Å². The fourth-order valence-electron chi connectivity index (χ4n) is 1.72. The molecule has 1 heterocycles. The molecule has 0 saturated carbocycles. The average Bonchev–Trinajstić information content (AvgIpc) is 2.79. The summed E-state index contributed by atoms with van der Waals surface area (Å²) in [5.74, 6) is 0.586. The third-order valence-corrected chi connectivity index (χ3v) is 2.79. The minimum atomic E-state index is -0.536. The van der Waals surface area contributed by atoms with Crippen molar-refractivity contribution in [3.63, 3.8) is 0 Å². The Morgan fingerprint density at radius 1 is 1.37 bits per heavy atom. The van der Waals surface area contributed by atoms with E-state index in [1.807, 2.05) is 19.9 Å². The number of aryl methyl sites for hydroxylation is 1. The van der Waals surface area contributed by atoms with E-state index >= 15 is 0 Å². The van der Waals surface area contributed by atoms with Crippen molar-refractivity contribution in [2.75, 3.05) is 5.73 Å². The summed E-state index contributed by atoms with van der Waals surface area (Å²) < 4.78 is 18.4. The molecule has 5 heteroatoms. The summed E-state index contributed by atoms with van der Waals surface area (Å²) in [6, 6.07) is 7.23. The lowest BCUT2D eigenvalue weighted by Gasteiger charge is -2.12. The van der Waals surface area contributed by atoms with Crippen LogP contribution in [0, 0.1) is 12.7 Å². The summed E-state index contributed by atoms with van der Waals surface area (Å²) in [7, 11) is 0. The van der Waals surface area contributed by atoms with E-state index in [4.69, 9.17) is 10.2 Å². The Balaban J connectivity index is 2.10. The molecule has 2 aromatic rings. The number of nitrogens with two attached hydrogens (primary N) is 1. The van der Waals surface area contributed by atoms with Gasteiger partial charge in [-0.15, -0.1) is 0 Å². The predicted octanol–water partition coefficient (Wildman–Crippen LogP) is 2.80. The zero-order valence-corrected chi connectivity index (χ0v) is 10.7. The molecular weight excluding hydrogens is 247 g/mol. The largest absolute Gasteiger partial charge is 0.464 e. The van der Waals surface area contributed by atoms with Gasteiger partial charge in [-0.1, -0.05) is 0 Å². The van der Waals surface area contributed by atoms with Crippen LogP contribution in [-0.4, -0.2) is 5.91 Å². The van der Waals surface area contributed by atoms with Crippen LogP contribution in [0.4, 0.5) is 10.1 Å². The maximum absolute atomic E-state index is 13.0. The van der Waals surface area contributed by atoms with Crippen molar-refractivity contribution >= 4 is 11.6 Å². The minimum Gasteiger partial charge on any atom is -0.464 e. The fourth-order valence-corrected chi connectivity index (χ4v) is 1.72. The molecule has 1 amide bonds. The zero-order chi connectivity index (χ0) is 14.0. The van der Waals surface area contributed by atoms with Gasteiger partial charge in [0, 0.05) is 5.56 Å². The van der Waals surface area contributed by atoms with Crippen LogP contribution in [-0.2, 0) is 0 Å². The minimum absolute atomic E-state index is 0.0471. The van der Waals surface area contributed by atoms with Gasteiger partial charge in [0.1, 0.15) is 17.3 Å². The Labute approximate surface area is 110 Å². The molecule has 4 nitrogen and oxygen atoms in total. The molecule has 0 fully saturated rings. The topological polar surface area (TPSA) is 68.3 Å². The summed E-state index contributed by atoms with van der Waals surface area (Å²) in [6.45, 7) is 3.64. The molecule has 19 heavy (non-hydrogen) atoms. The number of carbonyl (C=O) groups is 1. The first kappa shape index (κ1) is 13.1. The molecule has 1 aromatic heterocycles. The molecule has 0 radical (unpaired) electrons. The number of nitrogen functional groups attached to an aromatic ring is 1. The Morgan fingerprint density at radius 2 is 2.11 bits per heavy atom. The van der Waals surface area contributed by atoms with Gasteiger partial charge in [0.2, 0.25) is 0 Å². The van der Waals surface area contributed by atoms with Crippen LogP contribution >= 0.6 is 0 Å². The Morgan fingerprint density at radius 3 is 2.68 bits per heavy atom. The van der Waals surface area contributed by atoms with E-state index in [0.717, 1.165) is 5.76 Å². The number of carbonyl (C=O) groups excluding carboxylic acids is 1. The van der Waals surface area contributed by atoms with E-state index in [1.54, 1.807) is 6.07 Å². The predicted molar refractivity (Wildman–Crippen MR) is 70.1 cm³/mol. The number of amides is 1. The second-order valence-corrected chi connectivity index (χ2v) is 4.38. The number of furan rings is 1. The molecular formula is C14H15FN2O2. The lowest BCUT2D eigenvalue weighted by molar-refractivity contribution is 0.0935. The lowest BCUT2D eigenvalue weighted by Crippen LogP contribution is -2.26. The second-order valence-electron chi connectivity index (χ2n) is 4.38. The molecule has 3 N–H and O–H groups in total. The fraction of sp³-hybridized carbons (Fsp3) is 0.214. The highest BCUT2D eigenvalue weighted by molar-refractivity contribution is 5.95. The number of nitrogens with one attached hydrogen (secondary N) is 1. The number of anilines is 1. The molecule has 1 atom stereocenters. The van der Waals surface area contributed by atoms with Gasteiger partial charge in [0.15, 0.2) is 0 Å². The van der Waals surface area contributed by atoms with Gasteiger partial charge < -0.3 is 15.5 Å². The smallest absolute Gasteiger partial charge is 0.251 e. The number of hydrogen-bond acceptors (Lipinski definition) is 3. The van der Waals surface area contributed by atoms with E-state index in [2.05, 4.69) is 5.32 Å². The first-order chi connectivity index (χ1) is 8.97. The van der Waals surface area contributed by atoms with Crippen molar-refractivity contribution in [2.45, 2.75) is 19.9 Å². The van der Waals surface area contributed by atoms with Gasteiger partial charge in [0.05, 0.1) is 11.7 Å². The molecule has 1 aromatic carbocycles. The lowest BCUT2D eigenvalue weighted by atomic mass is 10.1. The van der Waals surface area contributed by atoms with Crippen LogP contribution in [0.5, 0.6) is 0 Å². The van der Waals surface area contributed by atoms with Crippen LogP contribution in [0.2, 0.25) is 0 Å². The maximum Gasteiger partial charge on any atom is 0.251 e. The molecule has 100 valence electrons. The molecule has 0 bridgehead atoms. The second kappa shape index (κ2) is 5.14. The van der Waals surface area contributed by atoms with Crippen molar-refractivity contribution in [2.24, 2.45) is 0 Å². The Bertz CT molecular complexity index is 607. The zero-order valence-electron chi connectivity index (χ0n) is 10.7. The molecule has 0 aliphatic rings. The monoisotopic (exact) mass is 262 g/mol. The molecule has 1 unspecified atom stereocenters.